The number of rotatable bonds is 4. The average Bonchev–Trinajstić information content (AvgIpc) is 2.07. The SMILES string of the molecule is CCCCOc1ccccc1.[Ca+2].[H-].[H-]. The van der Waals surface area contributed by atoms with Crippen LogP contribution in [0.1, 0.15) is 22.6 Å². The third kappa shape index (κ3) is 5.02. The van der Waals surface area contributed by atoms with E-state index in [0.717, 1.165) is 18.8 Å². The van der Waals surface area contributed by atoms with E-state index < -0.39 is 0 Å². The van der Waals surface area contributed by atoms with Gasteiger partial charge in [-0.3, -0.25) is 0 Å². The summed E-state index contributed by atoms with van der Waals surface area (Å²) in [5.74, 6) is 0.973. The molecule has 1 rings (SSSR count). The molecule has 1 aromatic rings. The minimum atomic E-state index is 0. The van der Waals surface area contributed by atoms with Crippen LogP contribution < -0.4 is 4.74 Å². The van der Waals surface area contributed by atoms with Gasteiger partial charge in [-0.05, 0) is 18.6 Å². The second-order valence-electron chi connectivity index (χ2n) is 2.52. The van der Waals surface area contributed by atoms with Crippen molar-refractivity contribution in [1.29, 1.82) is 0 Å². The van der Waals surface area contributed by atoms with Gasteiger partial charge in [-0.15, -0.1) is 0 Å². The van der Waals surface area contributed by atoms with Gasteiger partial charge in [0.1, 0.15) is 5.75 Å². The molecule has 0 heterocycles. The molecule has 0 aliphatic carbocycles. The van der Waals surface area contributed by atoms with Gasteiger partial charge in [-0.2, -0.15) is 0 Å². The van der Waals surface area contributed by atoms with Gasteiger partial charge < -0.3 is 7.59 Å². The first-order chi connectivity index (χ1) is 5.43. The van der Waals surface area contributed by atoms with Crippen LogP contribution in [-0.2, 0) is 0 Å². The van der Waals surface area contributed by atoms with Crippen molar-refractivity contribution in [3.63, 3.8) is 0 Å². The first-order valence-electron chi connectivity index (χ1n) is 4.11. The van der Waals surface area contributed by atoms with Crippen LogP contribution in [0, 0.1) is 0 Å². The Hall–Kier alpha value is 0.280. The summed E-state index contributed by atoms with van der Waals surface area (Å²) in [5, 5.41) is 0. The second-order valence-corrected chi connectivity index (χ2v) is 2.52. The van der Waals surface area contributed by atoms with Crippen LogP contribution in [0.4, 0.5) is 0 Å². The molecule has 0 radical (unpaired) electrons. The van der Waals surface area contributed by atoms with Crippen molar-refractivity contribution in [2.45, 2.75) is 19.8 Å². The van der Waals surface area contributed by atoms with Gasteiger partial charge in [-0.25, -0.2) is 0 Å². The van der Waals surface area contributed by atoms with E-state index in [1.165, 1.54) is 6.42 Å². The zero-order chi connectivity index (χ0) is 7.94. The zero-order valence-corrected chi connectivity index (χ0v) is 9.83. The Labute approximate surface area is 107 Å². The van der Waals surface area contributed by atoms with Crippen LogP contribution >= 0.6 is 0 Å². The van der Waals surface area contributed by atoms with Gasteiger partial charge in [0.05, 0.1) is 6.61 Å². The van der Waals surface area contributed by atoms with Crippen LogP contribution in [0.2, 0.25) is 0 Å². The Bertz CT molecular complexity index is 195. The summed E-state index contributed by atoms with van der Waals surface area (Å²) in [4.78, 5) is 0. The normalized spacial score (nSPS) is 8.75. The van der Waals surface area contributed by atoms with E-state index in [0.29, 0.717) is 0 Å². The van der Waals surface area contributed by atoms with E-state index in [1.54, 1.807) is 0 Å². The number of para-hydroxylation sites is 1. The molecule has 1 aromatic carbocycles. The molecular formula is C10H16CaO. The molecule has 64 valence electrons. The first-order valence-corrected chi connectivity index (χ1v) is 4.11. The summed E-state index contributed by atoms with van der Waals surface area (Å²) >= 11 is 0. The maximum Gasteiger partial charge on any atom is 2.00 e. The molecule has 0 bridgehead atoms. The Morgan fingerprint density at radius 2 is 1.92 bits per heavy atom. The largest absolute Gasteiger partial charge is 2.00 e. The fraction of sp³-hybridized carbons (Fsp3) is 0.400. The van der Waals surface area contributed by atoms with Crippen molar-refractivity contribution in [3.05, 3.63) is 30.3 Å². The number of hydrogen-bond acceptors (Lipinski definition) is 1. The molecule has 0 aliphatic rings. The Kier molecular flexibility index (Phi) is 8.09. The number of ether oxygens (including phenoxy) is 1. The van der Waals surface area contributed by atoms with Crippen LogP contribution in [0.5, 0.6) is 5.75 Å². The van der Waals surface area contributed by atoms with Crippen molar-refractivity contribution in [2.75, 3.05) is 6.61 Å². The van der Waals surface area contributed by atoms with Crippen LogP contribution in [0.25, 0.3) is 0 Å². The molecule has 0 saturated carbocycles. The summed E-state index contributed by atoms with van der Waals surface area (Å²) in [6, 6.07) is 9.93. The van der Waals surface area contributed by atoms with Crippen LogP contribution in [-0.4, -0.2) is 44.3 Å². The van der Waals surface area contributed by atoms with Crippen molar-refractivity contribution in [3.8, 4) is 5.75 Å². The number of benzene rings is 1. The van der Waals surface area contributed by atoms with E-state index in [-0.39, 0.29) is 40.6 Å². The molecular weight excluding hydrogens is 176 g/mol. The molecule has 0 N–H and O–H groups in total. The van der Waals surface area contributed by atoms with E-state index >= 15 is 0 Å². The summed E-state index contributed by atoms with van der Waals surface area (Å²) in [6.07, 6.45) is 2.32. The standard InChI is InChI=1S/C10H14O.Ca.2H/c1-2-3-9-11-10-7-5-4-6-8-10;;;/h4-8H,2-3,9H2,1H3;;;/q;+2;2*-1. The molecule has 1 nitrogen and oxygen atoms in total. The fourth-order valence-electron chi connectivity index (χ4n) is 0.851. The van der Waals surface area contributed by atoms with Crippen LogP contribution in [0.3, 0.4) is 0 Å². The monoisotopic (exact) mass is 192 g/mol. The summed E-state index contributed by atoms with van der Waals surface area (Å²) < 4.78 is 5.45. The molecule has 0 atom stereocenters. The predicted molar refractivity (Wildman–Crippen MR) is 54.8 cm³/mol. The summed E-state index contributed by atoms with van der Waals surface area (Å²) in [7, 11) is 0. The smallest absolute Gasteiger partial charge is 1.00 e. The molecule has 0 aliphatic heterocycles. The Balaban J connectivity index is -0.000000403. The molecule has 0 saturated heterocycles. The third-order valence-corrected chi connectivity index (χ3v) is 1.51. The van der Waals surface area contributed by atoms with Gasteiger partial charge in [0, 0.05) is 0 Å². The first kappa shape index (κ1) is 12.3. The average molecular weight is 192 g/mol. The Morgan fingerprint density at radius 3 is 2.50 bits per heavy atom. The minimum Gasteiger partial charge on any atom is -1.00 e. The summed E-state index contributed by atoms with van der Waals surface area (Å²) in [5.41, 5.74) is 0. The van der Waals surface area contributed by atoms with E-state index in [4.69, 9.17) is 4.74 Å². The predicted octanol–water partition coefficient (Wildman–Crippen LogP) is 2.71. The maximum atomic E-state index is 5.45. The summed E-state index contributed by atoms with van der Waals surface area (Å²) in [6.45, 7) is 2.99. The number of unbranched alkanes of at least 4 members (excludes halogenated alkanes) is 1. The van der Waals surface area contributed by atoms with Gasteiger partial charge in [0.25, 0.3) is 0 Å². The van der Waals surface area contributed by atoms with Crippen LogP contribution in [0.15, 0.2) is 30.3 Å². The zero-order valence-electron chi connectivity index (χ0n) is 9.62. The quantitative estimate of drug-likeness (QED) is 0.526. The number of hydrogen-bond donors (Lipinski definition) is 0. The van der Waals surface area contributed by atoms with E-state index in [2.05, 4.69) is 6.92 Å². The van der Waals surface area contributed by atoms with Crippen molar-refractivity contribution < 1.29 is 7.59 Å². The van der Waals surface area contributed by atoms with Crippen molar-refractivity contribution >= 4 is 37.7 Å². The maximum absolute atomic E-state index is 5.45. The molecule has 12 heavy (non-hydrogen) atoms. The van der Waals surface area contributed by atoms with Crippen molar-refractivity contribution in [2.24, 2.45) is 0 Å². The van der Waals surface area contributed by atoms with E-state index in [9.17, 15) is 0 Å². The molecule has 0 spiro atoms. The van der Waals surface area contributed by atoms with Gasteiger partial charge in [0.15, 0.2) is 0 Å². The minimum absolute atomic E-state index is 0. The molecule has 2 heteroatoms. The molecule has 0 fully saturated rings. The van der Waals surface area contributed by atoms with E-state index in [1.807, 2.05) is 30.3 Å². The Morgan fingerprint density at radius 1 is 1.25 bits per heavy atom. The third-order valence-electron chi connectivity index (χ3n) is 1.51. The fourth-order valence-corrected chi connectivity index (χ4v) is 0.851. The molecule has 0 aromatic heterocycles. The second kappa shape index (κ2) is 7.90. The van der Waals surface area contributed by atoms with Gasteiger partial charge in [0.2, 0.25) is 0 Å². The molecule has 0 amide bonds. The topological polar surface area (TPSA) is 9.23 Å². The van der Waals surface area contributed by atoms with Gasteiger partial charge >= 0.3 is 37.7 Å². The van der Waals surface area contributed by atoms with Gasteiger partial charge in [-0.1, -0.05) is 31.5 Å². The van der Waals surface area contributed by atoms with Crippen molar-refractivity contribution in [1.82, 2.24) is 0 Å². The molecule has 0 unspecified atom stereocenters.